The number of thiazole rings is 1. The number of aromatic nitrogens is 5. The number of piperazine rings is 1. The first kappa shape index (κ1) is 16.7. The maximum Gasteiger partial charge on any atom is 0.434 e. The predicted molar refractivity (Wildman–Crippen MR) is 95.1 cm³/mol. The van der Waals surface area contributed by atoms with Gasteiger partial charge >= 0.3 is 6.18 Å². The molecule has 0 spiro atoms. The Bertz CT molecular complexity index is 970. The third-order valence-corrected chi connectivity index (χ3v) is 5.81. The normalized spacial score (nSPS) is 18.5. The van der Waals surface area contributed by atoms with Crippen molar-refractivity contribution in [2.75, 3.05) is 36.0 Å². The summed E-state index contributed by atoms with van der Waals surface area (Å²) in [5.41, 5.74) is 0.805. The number of rotatable bonds is 3. The fraction of sp³-hybridized carbons (Fsp3) is 0.500. The van der Waals surface area contributed by atoms with Crippen molar-refractivity contribution < 1.29 is 13.2 Å². The quantitative estimate of drug-likeness (QED) is 0.680. The minimum absolute atomic E-state index is 0.410. The molecule has 2 aliphatic rings. The van der Waals surface area contributed by atoms with Crippen LogP contribution in [0.15, 0.2) is 18.0 Å². The lowest BCUT2D eigenvalue weighted by Gasteiger charge is -2.35. The fourth-order valence-corrected chi connectivity index (χ4v) is 4.23. The molecule has 27 heavy (non-hydrogen) atoms. The molecule has 0 N–H and O–H groups in total. The van der Waals surface area contributed by atoms with Crippen LogP contribution in [0.3, 0.4) is 0 Å². The fourth-order valence-electron chi connectivity index (χ4n) is 3.34. The predicted octanol–water partition coefficient (Wildman–Crippen LogP) is 2.96. The number of halogens is 3. The summed E-state index contributed by atoms with van der Waals surface area (Å²) in [6.07, 6.45) is 1.28. The van der Waals surface area contributed by atoms with Crippen molar-refractivity contribution in [1.82, 2.24) is 24.5 Å². The molecule has 1 saturated carbocycles. The van der Waals surface area contributed by atoms with Gasteiger partial charge in [-0.2, -0.15) is 13.2 Å². The molecule has 0 radical (unpaired) electrons. The summed E-state index contributed by atoms with van der Waals surface area (Å²) in [5, 5.41) is 1.48. The maximum absolute atomic E-state index is 12.8. The van der Waals surface area contributed by atoms with E-state index in [4.69, 9.17) is 0 Å². The molecule has 0 aromatic carbocycles. The van der Waals surface area contributed by atoms with E-state index in [0.717, 1.165) is 46.5 Å². The molecule has 2 fully saturated rings. The summed E-state index contributed by atoms with van der Waals surface area (Å²) in [7, 11) is 0. The highest BCUT2D eigenvalue weighted by Crippen LogP contribution is 2.38. The van der Waals surface area contributed by atoms with Gasteiger partial charge in [0.2, 0.25) is 0 Å². The van der Waals surface area contributed by atoms with E-state index in [1.165, 1.54) is 0 Å². The Morgan fingerprint density at radius 1 is 1.00 bits per heavy atom. The maximum atomic E-state index is 12.8. The van der Waals surface area contributed by atoms with Crippen molar-refractivity contribution in [3.05, 3.63) is 23.7 Å². The third-order valence-electron chi connectivity index (χ3n) is 4.91. The Morgan fingerprint density at radius 2 is 1.74 bits per heavy atom. The summed E-state index contributed by atoms with van der Waals surface area (Å²) in [4.78, 5) is 21.1. The zero-order chi connectivity index (χ0) is 18.6. The van der Waals surface area contributed by atoms with Crippen molar-refractivity contribution in [3.63, 3.8) is 0 Å². The second-order valence-corrected chi connectivity index (χ2v) is 7.58. The Labute approximate surface area is 156 Å². The molecule has 0 unspecified atom stereocenters. The summed E-state index contributed by atoms with van der Waals surface area (Å²) < 4.78 is 40.4. The van der Waals surface area contributed by atoms with E-state index in [1.54, 1.807) is 6.33 Å². The van der Waals surface area contributed by atoms with Crippen LogP contribution in [0.4, 0.5) is 24.1 Å². The number of imidazole rings is 1. The van der Waals surface area contributed by atoms with Crippen LogP contribution < -0.4 is 9.80 Å². The van der Waals surface area contributed by atoms with Crippen LogP contribution in [-0.4, -0.2) is 50.7 Å². The largest absolute Gasteiger partial charge is 0.434 e. The Morgan fingerprint density at radius 3 is 2.41 bits per heavy atom. The molecule has 142 valence electrons. The minimum Gasteiger partial charge on any atom is -0.351 e. The monoisotopic (exact) mass is 395 g/mol. The van der Waals surface area contributed by atoms with Crippen molar-refractivity contribution in [2.24, 2.45) is 0 Å². The molecule has 1 saturated heterocycles. The van der Waals surface area contributed by atoms with Gasteiger partial charge in [-0.1, -0.05) is 0 Å². The van der Waals surface area contributed by atoms with E-state index in [-0.39, 0.29) is 0 Å². The van der Waals surface area contributed by atoms with Gasteiger partial charge in [-0.25, -0.2) is 19.9 Å². The summed E-state index contributed by atoms with van der Waals surface area (Å²) in [6.45, 7) is 2.45. The summed E-state index contributed by atoms with van der Waals surface area (Å²) >= 11 is 1.03. The van der Waals surface area contributed by atoms with Gasteiger partial charge in [0.15, 0.2) is 27.8 Å². The molecular weight excluding hydrogens is 379 g/mol. The molecule has 1 aliphatic carbocycles. The lowest BCUT2D eigenvalue weighted by molar-refractivity contribution is -0.140. The first-order chi connectivity index (χ1) is 13.0. The van der Waals surface area contributed by atoms with Crippen LogP contribution in [0.1, 0.15) is 24.6 Å². The number of fused-ring (bicyclic) bond motifs is 1. The molecule has 1 aliphatic heterocycles. The average molecular weight is 395 g/mol. The number of hydrogen-bond acceptors (Lipinski definition) is 7. The average Bonchev–Trinajstić information content (AvgIpc) is 3.20. The Balaban J connectivity index is 1.33. The van der Waals surface area contributed by atoms with E-state index < -0.39 is 11.9 Å². The highest BCUT2D eigenvalue weighted by Gasteiger charge is 2.35. The Hall–Kier alpha value is -2.43. The highest BCUT2D eigenvalue weighted by molar-refractivity contribution is 7.13. The van der Waals surface area contributed by atoms with E-state index in [1.807, 2.05) is 11.2 Å². The highest BCUT2D eigenvalue weighted by atomic mass is 32.1. The van der Waals surface area contributed by atoms with Gasteiger partial charge in [-0.05, 0) is 12.8 Å². The third kappa shape index (κ3) is 2.99. The smallest absolute Gasteiger partial charge is 0.351 e. The van der Waals surface area contributed by atoms with Crippen LogP contribution >= 0.6 is 11.3 Å². The SMILES string of the molecule is FC(F)(F)c1csc(N2CCN(c3ncnc4c3ncn4C3CC3)CC2)n1. The molecule has 0 amide bonds. The first-order valence-corrected chi connectivity index (χ1v) is 9.59. The summed E-state index contributed by atoms with van der Waals surface area (Å²) in [5.74, 6) is 0.786. The lowest BCUT2D eigenvalue weighted by atomic mass is 10.3. The zero-order valence-electron chi connectivity index (χ0n) is 14.2. The van der Waals surface area contributed by atoms with Crippen LogP contribution in [0.5, 0.6) is 0 Å². The molecule has 3 aromatic heterocycles. The first-order valence-electron chi connectivity index (χ1n) is 8.71. The summed E-state index contributed by atoms with van der Waals surface area (Å²) in [6, 6.07) is 0.488. The molecule has 11 heteroatoms. The molecule has 4 heterocycles. The molecule has 0 atom stereocenters. The van der Waals surface area contributed by atoms with Crippen LogP contribution in [-0.2, 0) is 6.18 Å². The van der Waals surface area contributed by atoms with Gasteiger partial charge in [-0.15, -0.1) is 11.3 Å². The lowest BCUT2D eigenvalue weighted by Crippen LogP contribution is -2.47. The molecule has 0 bridgehead atoms. The van der Waals surface area contributed by atoms with Crippen molar-refractivity contribution in [2.45, 2.75) is 25.1 Å². The van der Waals surface area contributed by atoms with Crippen molar-refractivity contribution in [3.8, 4) is 0 Å². The standard InChI is InChI=1S/C16H16F3N7S/c17-16(18,19)11-7-27-15(23-11)25-5-3-24(4-6-25)13-12-14(21-8-20-13)26(9-22-12)10-1-2-10/h7-10H,1-6H2. The van der Waals surface area contributed by atoms with Gasteiger partial charge in [-0.3, -0.25) is 0 Å². The van der Waals surface area contributed by atoms with Gasteiger partial charge < -0.3 is 14.4 Å². The van der Waals surface area contributed by atoms with Crippen molar-refractivity contribution >= 4 is 33.5 Å². The zero-order valence-corrected chi connectivity index (χ0v) is 15.0. The second kappa shape index (κ2) is 6.04. The van der Waals surface area contributed by atoms with Gasteiger partial charge in [0.05, 0.1) is 6.33 Å². The van der Waals surface area contributed by atoms with E-state index >= 15 is 0 Å². The van der Waals surface area contributed by atoms with Crippen LogP contribution in [0.2, 0.25) is 0 Å². The second-order valence-electron chi connectivity index (χ2n) is 6.74. The van der Waals surface area contributed by atoms with Crippen LogP contribution in [0.25, 0.3) is 11.2 Å². The number of alkyl halides is 3. The van der Waals surface area contributed by atoms with Gasteiger partial charge in [0, 0.05) is 37.6 Å². The molecule has 5 rings (SSSR count). The van der Waals surface area contributed by atoms with Crippen molar-refractivity contribution in [1.29, 1.82) is 0 Å². The van der Waals surface area contributed by atoms with E-state index in [2.05, 4.69) is 29.4 Å². The topological polar surface area (TPSA) is 63.0 Å². The van der Waals surface area contributed by atoms with Gasteiger partial charge in [0.25, 0.3) is 0 Å². The molecular formula is C16H16F3N7S. The molecule has 7 nitrogen and oxygen atoms in total. The van der Waals surface area contributed by atoms with Gasteiger partial charge in [0.1, 0.15) is 6.33 Å². The Kier molecular flexibility index (Phi) is 3.74. The number of anilines is 2. The van der Waals surface area contributed by atoms with E-state index in [9.17, 15) is 13.2 Å². The van der Waals surface area contributed by atoms with Crippen LogP contribution in [0, 0.1) is 0 Å². The number of hydrogen-bond donors (Lipinski definition) is 0. The molecule has 3 aromatic rings. The van der Waals surface area contributed by atoms with E-state index in [0.29, 0.717) is 37.4 Å². The number of nitrogens with zero attached hydrogens (tertiary/aromatic N) is 7. The minimum atomic E-state index is -4.40.